The van der Waals surface area contributed by atoms with Gasteiger partial charge in [0, 0.05) is 48.3 Å². The summed E-state index contributed by atoms with van der Waals surface area (Å²) in [6, 6.07) is 6.77. The van der Waals surface area contributed by atoms with Crippen LogP contribution < -0.4 is 10.6 Å². The van der Waals surface area contributed by atoms with E-state index in [4.69, 9.17) is 0 Å². The van der Waals surface area contributed by atoms with Crippen molar-refractivity contribution in [3.8, 4) is 0 Å². The molecular weight excluding hydrogens is 517 g/mol. The minimum atomic E-state index is -3.43. The molecular formula is C20H34IN5O3S. The summed E-state index contributed by atoms with van der Waals surface area (Å²) in [5, 5.41) is 6.53. The van der Waals surface area contributed by atoms with Crippen LogP contribution in [0.3, 0.4) is 0 Å². The molecule has 0 aliphatic heterocycles. The molecule has 1 aromatic carbocycles. The average Bonchev–Trinajstić information content (AvgIpc) is 3.17. The lowest BCUT2D eigenvalue weighted by atomic mass is 9.84. The average molecular weight is 551 g/mol. The zero-order valence-corrected chi connectivity index (χ0v) is 21.6. The van der Waals surface area contributed by atoms with Crippen molar-refractivity contribution < 1.29 is 13.2 Å². The first-order valence-electron chi connectivity index (χ1n) is 9.80. The number of benzene rings is 1. The third kappa shape index (κ3) is 6.30. The van der Waals surface area contributed by atoms with Crippen molar-refractivity contribution in [2.75, 3.05) is 41.8 Å². The van der Waals surface area contributed by atoms with E-state index in [0.717, 1.165) is 31.2 Å². The van der Waals surface area contributed by atoms with Gasteiger partial charge in [-0.2, -0.15) is 0 Å². The van der Waals surface area contributed by atoms with E-state index in [9.17, 15) is 13.2 Å². The zero-order chi connectivity index (χ0) is 21.7. The summed E-state index contributed by atoms with van der Waals surface area (Å²) in [7, 11) is 4.89. The second-order valence-corrected chi connectivity index (χ2v) is 10.0. The highest BCUT2D eigenvalue weighted by atomic mass is 127. The largest absolute Gasteiger partial charge is 0.355 e. The molecule has 0 heterocycles. The fourth-order valence-corrected chi connectivity index (χ4v) is 4.54. The van der Waals surface area contributed by atoms with Gasteiger partial charge < -0.3 is 15.5 Å². The third-order valence-corrected chi connectivity index (χ3v) is 7.23. The summed E-state index contributed by atoms with van der Waals surface area (Å²) in [6.45, 7) is 1.04. The van der Waals surface area contributed by atoms with Crippen LogP contribution in [-0.4, -0.2) is 71.3 Å². The summed E-state index contributed by atoms with van der Waals surface area (Å²) in [6.07, 6.45) is 3.90. The monoisotopic (exact) mass is 551 g/mol. The molecule has 0 spiro atoms. The highest BCUT2D eigenvalue weighted by Crippen LogP contribution is 2.38. The number of guanidine groups is 1. The molecule has 170 valence electrons. The number of carbonyl (C=O) groups excluding carboxylic acids is 1. The summed E-state index contributed by atoms with van der Waals surface area (Å²) in [5.74, 6) is 0.781. The molecule has 1 fully saturated rings. The number of hydrogen-bond donors (Lipinski definition) is 2. The van der Waals surface area contributed by atoms with Gasteiger partial charge in [0.25, 0.3) is 0 Å². The molecule has 2 N–H and O–H groups in total. The number of aliphatic imine (C=N–C) groups is 1. The van der Waals surface area contributed by atoms with E-state index >= 15 is 0 Å². The molecule has 0 aromatic heterocycles. The maximum absolute atomic E-state index is 12.7. The van der Waals surface area contributed by atoms with Gasteiger partial charge in [-0.1, -0.05) is 25.0 Å². The molecule has 30 heavy (non-hydrogen) atoms. The van der Waals surface area contributed by atoms with Crippen molar-refractivity contribution in [1.82, 2.24) is 19.8 Å². The van der Waals surface area contributed by atoms with Crippen molar-refractivity contribution in [3.05, 3.63) is 29.8 Å². The van der Waals surface area contributed by atoms with Crippen LogP contribution in [0.15, 0.2) is 34.2 Å². The van der Waals surface area contributed by atoms with Gasteiger partial charge in [-0.25, -0.2) is 12.7 Å². The number of sulfonamides is 1. The molecule has 1 aliphatic rings. The van der Waals surface area contributed by atoms with E-state index in [1.807, 2.05) is 0 Å². The van der Waals surface area contributed by atoms with Gasteiger partial charge in [0.2, 0.25) is 15.9 Å². The van der Waals surface area contributed by atoms with E-state index in [1.54, 1.807) is 50.3 Å². The molecule has 0 atom stereocenters. The molecule has 1 aromatic rings. The predicted octanol–water partition coefficient (Wildman–Crippen LogP) is 1.87. The Balaban J connectivity index is 0.00000450. The molecule has 1 saturated carbocycles. The standard InChI is InChI=1S/C20H33N5O3S.HI/c1-21-19(23-15-20(12-6-7-13-20)18(26)24(2)3)22-14-16-8-10-17(11-9-16)29(27,28)25(4)5;/h8-11H,6-7,12-15H2,1-5H3,(H2,21,22,23);1H. The van der Waals surface area contributed by atoms with E-state index in [2.05, 4.69) is 15.6 Å². The van der Waals surface area contributed by atoms with Gasteiger partial charge in [-0.15, -0.1) is 24.0 Å². The van der Waals surface area contributed by atoms with Gasteiger partial charge in [0.1, 0.15) is 0 Å². The first-order chi connectivity index (χ1) is 13.6. The van der Waals surface area contributed by atoms with Crippen LogP contribution in [0.5, 0.6) is 0 Å². The lowest BCUT2D eigenvalue weighted by Crippen LogP contribution is -2.49. The molecule has 0 saturated heterocycles. The highest BCUT2D eigenvalue weighted by Gasteiger charge is 2.42. The topological polar surface area (TPSA) is 94.1 Å². The van der Waals surface area contributed by atoms with Gasteiger partial charge in [0.15, 0.2) is 5.96 Å². The minimum absolute atomic E-state index is 0. The van der Waals surface area contributed by atoms with Crippen LogP contribution in [0, 0.1) is 5.41 Å². The lowest BCUT2D eigenvalue weighted by Gasteiger charge is -2.31. The number of halogens is 1. The number of rotatable bonds is 7. The molecule has 10 heteroatoms. The summed E-state index contributed by atoms with van der Waals surface area (Å²) in [5.41, 5.74) is 0.564. The normalized spacial score (nSPS) is 16.1. The Morgan fingerprint density at radius 3 is 2.10 bits per heavy atom. The number of nitrogens with one attached hydrogen (secondary N) is 2. The van der Waals surface area contributed by atoms with Gasteiger partial charge in [-0.05, 0) is 30.5 Å². The molecule has 0 bridgehead atoms. The number of hydrogen-bond acceptors (Lipinski definition) is 4. The first-order valence-corrected chi connectivity index (χ1v) is 11.2. The minimum Gasteiger partial charge on any atom is -0.355 e. The summed E-state index contributed by atoms with van der Waals surface area (Å²) in [4.78, 5) is 18.9. The second-order valence-electron chi connectivity index (χ2n) is 7.90. The molecule has 8 nitrogen and oxygen atoms in total. The zero-order valence-electron chi connectivity index (χ0n) is 18.4. The van der Waals surface area contributed by atoms with Crippen LogP contribution in [0.1, 0.15) is 31.2 Å². The van der Waals surface area contributed by atoms with Crippen LogP contribution in [-0.2, 0) is 21.4 Å². The Hall–Kier alpha value is -1.40. The maximum atomic E-state index is 12.7. The Bertz CT molecular complexity index is 833. The summed E-state index contributed by atoms with van der Waals surface area (Å²) >= 11 is 0. The predicted molar refractivity (Wildman–Crippen MR) is 131 cm³/mol. The third-order valence-electron chi connectivity index (χ3n) is 5.40. The van der Waals surface area contributed by atoms with E-state index in [0.29, 0.717) is 19.0 Å². The van der Waals surface area contributed by atoms with Gasteiger partial charge in [-0.3, -0.25) is 9.79 Å². The Morgan fingerprint density at radius 1 is 1.07 bits per heavy atom. The van der Waals surface area contributed by atoms with Crippen molar-refractivity contribution in [2.24, 2.45) is 10.4 Å². The van der Waals surface area contributed by atoms with Gasteiger partial charge in [0.05, 0.1) is 10.3 Å². The number of amides is 1. The molecule has 0 unspecified atom stereocenters. The van der Waals surface area contributed by atoms with Crippen LogP contribution in [0.25, 0.3) is 0 Å². The Morgan fingerprint density at radius 2 is 1.63 bits per heavy atom. The lowest BCUT2D eigenvalue weighted by molar-refractivity contribution is -0.138. The fraction of sp³-hybridized carbons (Fsp3) is 0.600. The number of carbonyl (C=O) groups is 1. The molecule has 1 aliphatic carbocycles. The van der Waals surface area contributed by atoms with Crippen LogP contribution in [0.2, 0.25) is 0 Å². The number of nitrogens with zero attached hydrogens (tertiary/aromatic N) is 3. The van der Waals surface area contributed by atoms with Crippen molar-refractivity contribution >= 4 is 45.9 Å². The Labute approximate surface area is 197 Å². The summed E-state index contributed by atoms with van der Waals surface area (Å²) < 4.78 is 25.5. The fourth-order valence-electron chi connectivity index (χ4n) is 3.64. The Kier molecular flexibility index (Phi) is 10.0. The SMILES string of the molecule is CN=C(NCc1ccc(S(=O)(=O)N(C)C)cc1)NCC1(C(=O)N(C)C)CCCC1.I. The quantitative estimate of drug-likeness (QED) is 0.307. The van der Waals surface area contributed by atoms with Crippen LogP contribution in [0.4, 0.5) is 0 Å². The van der Waals surface area contributed by atoms with Crippen molar-refractivity contribution in [3.63, 3.8) is 0 Å². The van der Waals surface area contributed by atoms with E-state index in [1.165, 1.54) is 18.4 Å². The second kappa shape index (κ2) is 11.3. The smallest absolute Gasteiger partial charge is 0.242 e. The maximum Gasteiger partial charge on any atom is 0.242 e. The van der Waals surface area contributed by atoms with E-state index in [-0.39, 0.29) is 40.2 Å². The first kappa shape index (κ1) is 26.6. The van der Waals surface area contributed by atoms with E-state index < -0.39 is 10.0 Å². The molecule has 0 radical (unpaired) electrons. The van der Waals surface area contributed by atoms with Crippen molar-refractivity contribution in [2.45, 2.75) is 37.1 Å². The van der Waals surface area contributed by atoms with Crippen molar-refractivity contribution in [1.29, 1.82) is 0 Å². The molecule has 2 rings (SSSR count). The molecule has 1 amide bonds. The van der Waals surface area contributed by atoms with Gasteiger partial charge >= 0.3 is 0 Å². The highest BCUT2D eigenvalue weighted by molar-refractivity contribution is 14.0. The van der Waals surface area contributed by atoms with Crippen LogP contribution >= 0.6 is 24.0 Å².